The third-order valence-corrected chi connectivity index (χ3v) is 4.42. The third-order valence-electron chi connectivity index (χ3n) is 4.42. The van der Waals surface area contributed by atoms with Crippen LogP contribution in [0.25, 0.3) is 11.1 Å². The lowest BCUT2D eigenvalue weighted by atomic mass is 9.97. The van der Waals surface area contributed by atoms with E-state index in [4.69, 9.17) is 5.73 Å². The van der Waals surface area contributed by atoms with Crippen molar-refractivity contribution in [1.82, 2.24) is 4.90 Å². The lowest BCUT2D eigenvalue weighted by Crippen LogP contribution is -2.41. The Morgan fingerprint density at radius 1 is 1.14 bits per heavy atom. The number of alkyl halides is 1. The van der Waals surface area contributed by atoms with Crippen molar-refractivity contribution in [2.24, 2.45) is 5.73 Å². The highest BCUT2D eigenvalue weighted by molar-refractivity contribution is 5.64. The zero-order chi connectivity index (χ0) is 15.7. The van der Waals surface area contributed by atoms with Crippen molar-refractivity contribution in [2.75, 3.05) is 13.6 Å². The number of hydrogen-bond donors (Lipinski definition) is 1. The predicted octanol–water partition coefficient (Wildman–Crippen LogP) is 3.01. The normalized spacial score (nSPS) is 25.5. The van der Waals surface area contributed by atoms with Crippen LogP contribution in [-0.4, -0.2) is 36.7 Å². The maximum absolute atomic E-state index is 13.7. The van der Waals surface area contributed by atoms with Gasteiger partial charge in [0.2, 0.25) is 0 Å². The number of rotatable bonds is 3. The van der Waals surface area contributed by atoms with Gasteiger partial charge in [-0.1, -0.05) is 36.4 Å². The highest BCUT2D eigenvalue weighted by Gasteiger charge is 2.37. The molecule has 3 atom stereocenters. The first kappa shape index (κ1) is 15.1. The quantitative estimate of drug-likeness (QED) is 0.944. The Bertz CT molecular complexity index is 659. The summed E-state index contributed by atoms with van der Waals surface area (Å²) in [6, 6.07) is 14.0. The van der Waals surface area contributed by atoms with Crippen LogP contribution in [0, 0.1) is 5.82 Å². The lowest BCUT2D eigenvalue weighted by Gasteiger charge is -2.22. The summed E-state index contributed by atoms with van der Waals surface area (Å²) in [4.78, 5) is 1.98. The molecule has 3 rings (SSSR count). The molecule has 0 bridgehead atoms. The van der Waals surface area contributed by atoms with E-state index < -0.39 is 12.2 Å². The van der Waals surface area contributed by atoms with E-state index in [1.54, 1.807) is 6.07 Å². The molecule has 116 valence electrons. The van der Waals surface area contributed by atoms with Crippen LogP contribution in [0.4, 0.5) is 8.78 Å². The van der Waals surface area contributed by atoms with Gasteiger partial charge in [0.25, 0.3) is 0 Å². The van der Waals surface area contributed by atoms with Crippen molar-refractivity contribution in [3.05, 3.63) is 59.9 Å². The molecule has 1 saturated heterocycles. The molecule has 0 aromatic heterocycles. The molecule has 3 unspecified atom stereocenters. The van der Waals surface area contributed by atoms with Crippen molar-refractivity contribution >= 4 is 0 Å². The zero-order valence-electron chi connectivity index (χ0n) is 12.5. The lowest BCUT2D eigenvalue weighted by molar-refractivity contribution is 0.292. The van der Waals surface area contributed by atoms with Crippen LogP contribution in [0.1, 0.15) is 5.56 Å². The summed E-state index contributed by atoms with van der Waals surface area (Å²) >= 11 is 0. The molecule has 0 saturated carbocycles. The van der Waals surface area contributed by atoms with Crippen LogP contribution >= 0.6 is 0 Å². The third kappa shape index (κ3) is 3.03. The molecule has 1 aliphatic rings. The van der Waals surface area contributed by atoms with E-state index in [0.29, 0.717) is 13.0 Å². The molecule has 0 radical (unpaired) electrons. The SMILES string of the molecule is CN1CC(F)C(N)C1Cc1cccc(-c2cccc(F)c2)c1. The molecule has 2 aromatic rings. The van der Waals surface area contributed by atoms with E-state index in [2.05, 4.69) is 0 Å². The molecular weight excluding hydrogens is 282 g/mol. The second-order valence-corrected chi connectivity index (χ2v) is 6.02. The van der Waals surface area contributed by atoms with Crippen LogP contribution in [0.3, 0.4) is 0 Å². The molecule has 0 aliphatic carbocycles. The fourth-order valence-corrected chi connectivity index (χ4v) is 3.15. The van der Waals surface area contributed by atoms with Crippen LogP contribution in [-0.2, 0) is 6.42 Å². The Morgan fingerprint density at radius 3 is 2.45 bits per heavy atom. The Labute approximate surface area is 129 Å². The maximum atomic E-state index is 13.7. The van der Waals surface area contributed by atoms with Gasteiger partial charge in [-0.2, -0.15) is 0 Å². The van der Waals surface area contributed by atoms with Crippen molar-refractivity contribution in [2.45, 2.75) is 24.7 Å². The molecule has 2 N–H and O–H groups in total. The van der Waals surface area contributed by atoms with Gasteiger partial charge in [0.15, 0.2) is 0 Å². The van der Waals surface area contributed by atoms with Crippen LogP contribution < -0.4 is 5.73 Å². The smallest absolute Gasteiger partial charge is 0.129 e. The van der Waals surface area contributed by atoms with E-state index in [1.165, 1.54) is 12.1 Å². The maximum Gasteiger partial charge on any atom is 0.129 e. The van der Waals surface area contributed by atoms with Gasteiger partial charge in [-0.3, -0.25) is 4.90 Å². The Kier molecular flexibility index (Phi) is 4.23. The van der Waals surface area contributed by atoms with Crippen molar-refractivity contribution in [1.29, 1.82) is 0 Å². The fourth-order valence-electron chi connectivity index (χ4n) is 3.15. The molecule has 4 heteroatoms. The highest BCUT2D eigenvalue weighted by Crippen LogP contribution is 2.25. The van der Waals surface area contributed by atoms with Crippen LogP contribution in [0.5, 0.6) is 0 Å². The zero-order valence-corrected chi connectivity index (χ0v) is 12.5. The van der Waals surface area contributed by atoms with E-state index in [0.717, 1.165) is 16.7 Å². The molecule has 22 heavy (non-hydrogen) atoms. The van der Waals surface area contributed by atoms with E-state index in [-0.39, 0.29) is 11.9 Å². The van der Waals surface area contributed by atoms with Crippen molar-refractivity contribution in [3.63, 3.8) is 0 Å². The Balaban J connectivity index is 1.83. The van der Waals surface area contributed by atoms with Crippen LogP contribution in [0.15, 0.2) is 48.5 Å². The van der Waals surface area contributed by atoms with Gasteiger partial charge >= 0.3 is 0 Å². The van der Waals surface area contributed by atoms with Gasteiger partial charge in [-0.25, -0.2) is 8.78 Å². The van der Waals surface area contributed by atoms with Gasteiger partial charge in [0.1, 0.15) is 12.0 Å². The summed E-state index contributed by atoms with van der Waals surface area (Å²) in [6.45, 7) is 0.384. The molecule has 0 spiro atoms. The molecule has 1 heterocycles. The minimum Gasteiger partial charge on any atom is -0.324 e. The number of nitrogens with zero attached hydrogens (tertiary/aromatic N) is 1. The topological polar surface area (TPSA) is 29.3 Å². The number of hydrogen-bond acceptors (Lipinski definition) is 2. The second-order valence-electron chi connectivity index (χ2n) is 6.02. The Hall–Kier alpha value is -1.78. The van der Waals surface area contributed by atoms with Crippen molar-refractivity contribution < 1.29 is 8.78 Å². The van der Waals surface area contributed by atoms with Crippen molar-refractivity contribution in [3.8, 4) is 11.1 Å². The van der Waals surface area contributed by atoms with Crippen LogP contribution in [0.2, 0.25) is 0 Å². The average molecular weight is 302 g/mol. The monoisotopic (exact) mass is 302 g/mol. The number of benzene rings is 2. The van der Waals surface area contributed by atoms with Gasteiger partial charge < -0.3 is 5.73 Å². The second kappa shape index (κ2) is 6.15. The number of nitrogens with two attached hydrogens (primary N) is 1. The molecule has 1 aliphatic heterocycles. The molecule has 1 fully saturated rings. The minimum atomic E-state index is -0.971. The van der Waals surface area contributed by atoms with Gasteiger partial charge in [-0.15, -0.1) is 0 Å². The molecule has 2 aromatic carbocycles. The number of likely N-dealkylation sites (tertiary alicyclic amines) is 1. The first-order valence-electron chi connectivity index (χ1n) is 7.49. The van der Waals surface area contributed by atoms with E-state index >= 15 is 0 Å². The molecule has 2 nitrogen and oxygen atoms in total. The average Bonchev–Trinajstić information content (AvgIpc) is 2.74. The predicted molar refractivity (Wildman–Crippen MR) is 84.8 cm³/mol. The summed E-state index contributed by atoms with van der Waals surface area (Å²) in [5.41, 5.74) is 8.85. The van der Waals surface area contributed by atoms with E-state index in [9.17, 15) is 8.78 Å². The first-order chi connectivity index (χ1) is 10.5. The minimum absolute atomic E-state index is 0.00207. The fraction of sp³-hybridized carbons (Fsp3) is 0.333. The molecule has 0 amide bonds. The number of likely N-dealkylation sites (N-methyl/N-ethyl adjacent to an activating group) is 1. The number of halogens is 2. The highest BCUT2D eigenvalue weighted by atomic mass is 19.1. The largest absolute Gasteiger partial charge is 0.324 e. The van der Waals surface area contributed by atoms with Gasteiger partial charge in [-0.05, 0) is 42.3 Å². The Morgan fingerprint density at radius 2 is 1.82 bits per heavy atom. The first-order valence-corrected chi connectivity index (χ1v) is 7.49. The standard InChI is InChI=1S/C18H20F2N2/c1-22-11-16(20)18(21)17(22)9-12-4-2-5-13(8-12)14-6-3-7-15(19)10-14/h2-8,10,16-18H,9,11,21H2,1H3. The van der Waals surface area contributed by atoms with E-state index in [1.807, 2.05) is 42.3 Å². The summed E-state index contributed by atoms with van der Waals surface area (Å²) < 4.78 is 27.1. The summed E-state index contributed by atoms with van der Waals surface area (Å²) in [5.74, 6) is -0.249. The van der Waals surface area contributed by atoms with Gasteiger partial charge in [0.05, 0.1) is 6.04 Å². The molecular formula is C18H20F2N2. The van der Waals surface area contributed by atoms with Gasteiger partial charge in [0, 0.05) is 12.6 Å². The summed E-state index contributed by atoms with van der Waals surface area (Å²) in [5, 5.41) is 0. The summed E-state index contributed by atoms with van der Waals surface area (Å²) in [7, 11) is 1.90. The summed E-state index contributed by atoms with van der Waals surface area (Å²) in [6.07, 6.45) is -0.275.